The van der Waals surface area contributed by atoms with Crippen molar-refractivity contribution in [3.63, 3.8) is 0 Å². The molecule has 1 amide bonds. The topological polar surface area (TPSA) is 32.8 Å². The molecule has 0 aromatic heterocycles. The number of hydrogen-bond donors (Lipinski definition) is 0. The Kier molecular flexibility index (Phi) is 3.31. The van der Waals surface area contributed by atoms with Gasteiger partial charge in [-0.1, -0.05) is 36.4 Å². The van der Waals surface area contributed by atoms with Gasteiger partial charge in [0.15, 0.2) is 5.11 Å². The van der Waals surface area contributed by atoms with Crippen molar-refractivity contribution >= 4 is 28.9 Å². The fraction of sp³-hybridized carbons (Fsp3) is 0.222. The molecular formula is C18H16N2O2S. The second kappa shape index (κ2) is 5.35. The molecule has 4 rings (SSSR count). The molecule has 0 bridgehead atoms. The average molecular weight is 324 g/mol. The van der Waals surface area contributed by atoms with Crippen molar-refractivity contribution in [2.75, 3.05) is 12.0 Å². The molecule has 2 aromatic rings. The van der Waals surface area contributed by atoms with Crippen molar-refractivity contribution in [3.05, 3.63) is 59.7 Å². The molecule has 2 aromatic carbocycles. The van der Waals surface area contributed by atoms with Crippen LogP contribution >= 0.6 is 12.2 Å². The fourth-order valence-electron chi connectivity index (χ4n) is 3.35. The zero-order valence-corrected chi connectivity index (χ0v) is 13.5. The number of thiocarbonyl (C=S) groups is 1. The first-order chi connectivity index (χ1) is 11.2. The lowest BCUT2D eigenvalue weighted by Gasteiger charge is -2.30. The lowest BCUT2D eigenvalue weighted by Crippen LogP contribution is -2.39. The number of methoxy groups -OCH3 is 1. The molecule has 2 heterocycles. The predicted octanol–water partition coefficient (Wildman–Crippen LogP) is 2.75. The van der Waals surface area contributed by atoms with Crippen LogP contribution in [0, 0.1) is 0 Å². The van der Waals surface area contributed by atoms with Gasteiger partial charge in [-0.05, 0) is 35.5 Å². The SMILES string of the molecule is COc1ccccc1N1C(=O)[C@H]2Cc3ccccc3CN2C1=S. The van der Waals surface area contributed by atoms with Gasteiger partial charge in [0.25, 0.3) is 5.91 Å². The first-order valence-electron chi connectivity index (χ1n) is 7.55. The first kappa shape index (κ1) is 14.2. The minimum Gasteiger partial charge on any atom is -0.495 e. The Morgan fingerprint density at radius 1 is 1.09 bits per heavy atom. The van der Waals surface area contributed by atoms with E-state index in [-0.39, 0.29) is 11.9 Å². The van der Waals surface area contributed by atoms with E-state index >= 15 is 0 Å². The molecule has 2 aliphatic heterocycles. The highest BCUT2D eigenvalue weighted by molar-refractivity contribution is 7.80. The third-order valence-electron chi connectivity index (χ3n) is 4.52. The summed E-state index contributed by atoms with van der Waals surface area (Å²) < 4.78 is 5.40. The van der Waals surface area contributed by atoms with E-state index in [2.05, 4.69) is 12.1 Å². The van der Waals surface area contributed by atoms with E-state index < -0.39 is 0 Å². The number of amides is 1. The zero-order valence-electron chi connectivity index (χ0n) is 12.7. The van der Waals surface area contributed by atoms with Gasteiger partial charge in [0.2, 0.25) is 0 Å². The molecule has 2 aliphatic rings. The lowest BCUT2D eigenvalue weighted by molar-refractivity contribution is -0.120. The number of anilines is 1. The predicted molar refractivity (Wildman–Crippen MR) is 92.6 cm³/mol. The summed E-state index contributed by atoms with van der Waals surface area (Å²) in [5, 5.41) is 0.555. The molecular weight excluding hydrogens is 308 g/mol. The molecule has 1 fully saturated rings. The summed E-state index contributed by atoms with van der Waals surface area (Å²) in [6, 6.07) is 15.5. The van der Waals surface area contributed by atoms with E-state index in [1.165, 1.54) is 11.1 Å². The highest BCUT2D eigenvalue weighted by atomic mass is 32.1. The summed E-state index contributed by atoms with van der Waals surface area (Å²) in [7, 11) is 1.60. The van der Waals surface area contributed by atoms with Crippen LogP contribution < -0.4 is 9.64 Å². The van der Waals surface area contributed by atoms with Crippen LogP contribution in [0.5, 0.6) is 5.75 Å². The van der Waals surface area contributed by atoms with Crippen molar-refractivity contribution in [2.24, 2.45) is 0 Å². The summed E-state index contributed by atoms with van der Waals surface area (Å²) in [5.74, 6) is 0.676. The number of nitrogens with zero attached hydrogens (tertiary/aromatic N) is 2. The van der Waals surface area contributed by atoms with Gasteiger partial charge in [0.05, 0.1) is 12.8 Å². The monoisotopic (exact) mass is 324 g/mol. The number of ether oxygens (including phenoxy) is 1. The van der Waals surface area contributed by atoms with Crippen LogP contribution in [0.4, 0.5) is 5.69 Å². The normalized spacial score (nSPS) is 19.6. The van der Waals surface area contributed by atoms with Gasteiger partial charge in [0, 0.05) is 13.0 Å². The van der Waals surface area contributed by atoms with E-state index in [9.17, 15) is 4.79 Å². The van der Waals surface area contributed by atoms with Crippen LogP contribution in [-0.4, -0.2) is 29.1 Å². The number of para-hydroxylation sites is 2. The highest BCUT2D eigenvalue weighted by Crippen LogP contribution is 2.36. The van der Waals surface area contributed by atoms with Crippen LogP contribution in [0.15, 0.2) is 48.5 Å². The zero-order chi connectivity index (χ0) is 16.0. The summed E-state index contributed by atoms with van der Waals surface area (Å²) >= 11 is 5.61. The molecule has 0 spiro atoms. The second-order valence-electron chi connectivity index (χ2n) is 5.74. The third-order valence-corrected chi connectivity index (χ3v) is 4.93. The number of carbonyl (C=O) groups is 1. The number of fused-ring (bicyclic) bond motifs is 2. The summed E-state index contributed by atoms with van der Waals surface area (Å²) in [4.78, 5) is 16.6. The van der Waals surface area contributed by atoms with Gasteiger partial charge in [-0.2, -0.15) is 0 Å². The van der Waals surface area contributed by atoms with Crippen LogP contribution in [0.1, 0.15) is 11.1 Å². The summed E-state index contributed by atoms with van der Waals surface area (Å²) in [5.41, 5.74) is 3.18. The lowest BCUT2D eigenvalue weighted by atomic mass is 9.95. The Morgan fingerprint density at radius 3 is 2.57 bits per heavy atom. The van der Waals surface area contributed by atoms with Crippen LogP contribution in [0.2, 0.25) is 0 Å². The number of carbonyl (C=O) groups excluding carboxylic acids is 1. The largest absolute Gasteiger partial charge is 0.495 e. The first-order valence-corrected chi connectivity index (χ1v) is 7.96. The molecule has 116 valence electrons. The molecule has 4 nitrogen and oxygen atoms in total. The minimum absolute atomic E-state index is 0.0222. The number of rotatable bonds is 2. The Balaban J connectivity index is 1.74. The molecule has 0 saturated carbocycles. The highest BCUT2D eigenvalue weighted by Gasteiger charge is 2.46. The Labute approximate surface area is 140 Å². The maximum absolute atomic E-state index is 13.0. The van der Waals surface area contributed by atoms with Crippen molar-refractivity contribution in [2.45, 2.75) is 19.0 Å². The fourth-order valence-corrected chi connectivity index (χ4v) is 3.73. The molecule has 23 heavy (non-hydrogen) atoms. The molecule has 0 aliphatic carbocycles. The minimum atomic E-state index is -0.220. The molecule has 0 unspecified atom stereocenters. The molecule has 5 heteroatoms. The van der Waals surface area contributed by atoms with E-state index in [0.29, 0.717) is 29.5 Å². The van der Waals surface area contributed by atoms with E-state index in [0.717, 1.165) is 0 Å². The van der Waals surface area contributed by atoms with E-state index in [1.54, 1.807) is 12.0 Å². The molecule has 0 radical (unpaired) electrons. The maximum Gasteiger partial charge on any atom is 0.256 e. The molecule has 1 atom stereocenters. The Morgan fingerprint density at radius 2 is 1.78 bits per heavy atom. The van der Waals surface area contributed by atoms with E-state index in [4.69, 9.17) is 17.0 Å². The van der Waals surface area contributed by atoms with Gasteiger partial charge < -0.3 is 9.64 Å². The van der Waals surface area contributed by atoms with Crippen molar-refractivity contribution in [3.8, 4) is 5.75 Å². The van der Waals surface area contributed by atoms with Gasteiger partial charge in [-0.15, -0.1) is 0 Å². The van der Waals surface area contributed by atoms with Gasteiger partial charge in [0.1, 0.15) is 11.8 Å². The number of hydrogen-bond acceptors (Lipinski definition) is 3. The van der Waals surface area contributed by atoms with E-state index in [1.807, 2.05) is 41.3 Å². The summed E-state index contributed by atoms with van der Waals surface area (Å²) in [6.07, 6.45) is 0.695. The van der Waals surface area contributed by atoms with Gasteiger partial charge >= 0.3 is 0 Å². The molecule has 0 N–H and O–H groups in total. The van der Waals surface area contributed by atoms with Crippen molar-refractivity contribution < 1.29 is 9.53 Å². The third kappa shape index (κ3) is 2.11. The average Bonchev–Trinajstić information content (AvgIpc) is 2.83. The van der Waals surface area contributed by atoms with Gasteiger partial charge in [-0.25, -0.2) is 0 Å². The number of benzene rings is 2. The standard InChI is InChI=1S/C18H16N2O2S/c1-22-16-9-5-4-8-14(16)20-17(21)15-10-12-6-2-3-7-13(12)11-19(15)18(20)23/h2-9,15H,10-11H2,1H3/t15-/m1/s1. The van der Waals surface area contributed by atoms with Crippen molar-refractivity contribution in [1.82, 2.24) is 4.90 Å². The second-order valence-corrected chi connectivity index (χ2v) is 6.11. The van der Waals surface area contributed by atoms with Gasteiger partial charge in [-0.3, -0.25) is 9.69 Å². The van der Waals surface area contributed by atoms with Crippen LogP contribution in [-0.2, 0) is 17.8 Å². The van der Waals surface area contributed by atoms with Crippen molar-refractivity contribution in [1.29, 1.82) is 0 Å². The Bertz CT molecular complexity index is 762. The summed E-state index contributed by atoms with van der Waals surface area (Å²) in [6.45, 7) is 0.678. The molecule has 1 saturated heterocycles. The maximum atomic E-state index is 13.0. The van der Waals surface area contributed by atoms with Crippen LogP contribution in [0.3, 0.4) is 0 Å². The Hall–Kier alpha value is -2.40. The quantitative estimate of drug-likeness (QED) is 0.795. The van der Waals surface area contributed by atoms with Crippen LogP contribution in [0.25, 0.3) is 0 Å². The smallest absolute Gasteiger partial charge is 0.256 e.